The zero-order valence-corrected chi connectivity index (χ0v) is 12.4. The van der Waals surface area contributed by atoms with Gasteiger partial charge in [-0.05, 0) is 18.9 Å². The Morgan fingerprint density at radius 1 is 1.37 bits per heavy atom. The topological polar surface area (TPSA) is 50.5 Å². The molecule has 5 nitrogen and oxygen atoms in total. The Labute approximate surface area is 116 Å². The molecule has 0 aliphatic carbocycles. The van der Waals surface area contributed by atoms with Gasteiger partial charge in [-0.3, -0.25) is 9.58 Å². The van der Waals surface area contributed by atoms with E-state index in [1.807, 2.05) is 0 Å². The fraction of sp³-hybridized carbons (Fsp3) is 0.786. The fourth-order valence-electron chi connectivity index (χ4n) is 2.19. The minimum absolute atomic E-state index is 0.164. The lowest BCUT2D eigenvalue weighted by Crippen LogP contribution is -2.30. The van der Waals surface area contributed by atoms with Gasteiger partial charge in [0.2, 0.25) is 0 Å². The highest BCUT2D eigenvalue weighted by atomic mass is 16.5. The summed E-state index contributed by atoms with van der Waals surface area (Å²) >= 11 is 0. The molecule has 0 amide bonds. The summed E-state index contributed by atoms with van der Waals surface area (Å²) in [6.07, 6.45) is 4.25. The molecule has 0 atom stereocenters. The van der Waals surface area contributed by atoms with Crippen LogP contribution in [0.2, 0.25) is 0 Å². The fourth-order valence-corrected chi connectivity index (χ4v) is 2.19. The summed E-state index contributed by atoms with van der Waals surface area (Å²) in [5.74, 6) is 0. The molecule has 0 saturated carbocycles. The third-order valence-electron chi connectivity index (χ3n) is 3.39. The van der Waals surface area contributed by atoms with Crippen molar-refractivity contribution in [3.05, 3.63) is 18.0 Å². The van der Waals surface area contributed by atoms with E-state index in [1.54, 1.807) is 7.11 Å². The zero-order valence-electron chi connectivity index (χ0n) is 12.4. The van der Waals surface area contributed by atoms with Crippen LogP contribution in [0.25, 0.3) is 0 Å². The Balaban J connectivity index is 2.58. The molecular weight excluding hydrogens is 242 g/mol. The number of methoxy groups -OCH3 is 1. The van der Waals surface area contributed by atoms with Crippen LogP contribution in [-0.4, -0.2) is 53.2 Å². The number of aliphatic hydroxyl groups excluding tert-OH is 1. The van der Waals surface area contributed by atoms with Crippen molar-refractivity contribution in [2.24, 2.45) is 0 Å². The van der Waals surface area contributed by atoms with Crippen LogP contribution >= 0.6 is 0 Å². The second-order valence-electron chi connectivity index (χ2n) is 4.75. The number of aliphatic hydroxyl groups is 1. The SMILES string of the molecule is CCC(CC)n1ccc(CN(CCO)CCOC)n1. The van der Waals surface area contributed by atoms with Crippen LogP contribution in [0.5, 0.6) is 0 Å². The van der Waals surface area contributed by atoms with E-state index in [1.165, 1.54) is 0 Å². The van der Waals surface area contributed by atoms with E-state index in [9.17, 15) is 0 Å². The van der Waals surface area contributed by atoms with Crippen LogP contribution in [0, 0.1) is 0 Å². The van der Waals surface area contributed by atoms with E-state index >= 15 is 0 Å². The molecule has 0 bridgehead atoms. The lowest BCUT2D eigenvalue weighted by Gasteiger charge is -2.19. The van der Waals surface area contributed by atoms with Crippen molar-refractivity contribution in [1.82, 2.24) is 14.7 Å². The van der Waals surface area contributed by atoms with E-state index in [0.717, 1.165) is 31.6 Å². The molecule has 1 heterocycles. The Bertz CT molecular complexity index is 337. The Kier molecular flexibility index (Phi) is 7.70. The Morgan fingerprint density at radius 2 is 2.11 bits per heavy atom. The average Bonchev–Trinajstić information content (AvgIpc) is 2.86. The second-order valence-corrected chi connectivity index (χ2v) is 4.75. The van der Waals surface area contributed by atoms with Gasteiger partial charge in [0.25, 0.3) is 0 Å². The van der Waals surface area contributed by atoms with Crippen molar-refractivity contribution in [1.29, 1.82) is 0 Å². The van der Waals surface area contributed by atoms with Gasteiger partial charge in [0, 0.05) is 32.9 Å². The van der Waals surface area contributed by atoms with E-state index in [4.69, 9.17) is 9.84 Å². The molecule has 0 aliphatic rings. The van der Waals surface area contributed by atoms with Gasteiger partial charge in [-0.2, -0.15) is 5.10 Å². The second kappa shape index (κ2) is 9.07. The molecule has 1 rings (SSSR count). The number of aromatic nitrogens is 2. The van der Waals surface area contributed by atoms with Crippen molar-refractivity contribution >= 4 is 0 Å². The molecular formula is C14H27N3O2. The predicted octanol–water partition coefficient (Wildman–Crippen LogP) is 1.68. The highest BCUT2D eigenvalue weighted by molar-refractivity contribution is 4.99. The number of hydrogen-bond donors (Lipinski definition) is 1. The molecule has 0 fully saturated rings. The van der Waals surface area contributed by atoms with Crippen LogP contribution in [0.4, 0.5) is 0 Å². The van der Waals surface area contributed by atoms with Gasteiger partial charge in [-0.25, -0.2) is 0 Å². The summed E-state index contributed by atoms with van der Waals surface area (Å²) in [5.41, 5.74) is 1.05. The largest absolute Gasteiger partial charge is 0.395 e. The number of hydrogen-bond acceptors (Lipinski definition) is 4. The molecule has 110 valence electrons. The first-order chi connectivity index (χ1) is 9.24. The monoisotopic (exact) mass is 269 g/mol. The third kappa shape index (κ3) is 5.30. The maximum atomic E-state index is 9.08. The van der Waals surface area contributed by atoms with Gasteiger partial charge in [0.05, 0.1) is 24.9 Å². The molecule has 0 spiro atoms. The van der Waals surface area contributed by atoms with Crippen LogP contribution in [0.3, 0.4) is 0 Å². The van der Waals surface area contributed by atoms with Crippen LogP contribution in [-0.2, 0) is 11.3 Å². The molecule has 19 heavy (non-hydrogen) atoms. The normalized spacial score (nSPS) is 11.7. The van der Waals surface area contributed by atoms with Gasteiger partial charge < -0.3 is 9.84 Å². The lowest BCUT2D eigenvalue weighted by atomic mass is 10.2. The predicted molar refractivity (Wildman–Crippen MR) is 76.1 cm³/mol. The van der Waals surface area contributed by atoms with Crippen molar-refractivity contribution in [2.45, 2.75) is 39.3 Å². The molecule has 0 unspecified atom stereocenters. The van der Waals surface area contributed by atoms with Crippen LogP contribution < -0.4 is 0 Å². The number of nitrogens with zero attached hydrogens (tertiary/aromatic N) is 3. The average molecular weight is 269 g/mol. The summed E-state index contributed by atoms with van der Waals surface area (Å²) in [4.78, 5) is 2.16. The van der Waals surface area contributed by atoms with Gasteiger partial charge >= 0.3 is 0 Å². The lowest BCUT2D eigenvalue weighted by molar-refractivity contribution is 0.126. The molecule has 1 aromatic heterocycles. The summed E-state index contributed by atoms with van der Waals surface area (Å²) in [6, 6.07) is 2.55. The highest BCUT2D eigenvalue weighted by Crippen LogP contribution is 2.15. The van der Waals surface area contributed by atoms with E-state index < -0.39 is 0 Å². The van der Waals surface area contributed by atoms with Gasteiger partial charge in [-0.15, -0.1) is 0 Å². The maximum Gasteiger partial charge on any atom is 0.0764 e. The van der Waals surface area contributed by atoms with Crippen molar-refractivity contribution < 1.29 is 9.84 Å². The van der Waals surface area contributed by atoms with E-state index in [2.05, 4.69) is 40.8 Å². The number of rotatable bonds is 10. The minimum Gasteiger partial charge on any atom is -0.395 e. The van der Waals surface area contributed by atoms with Crippen LogP contribution in [0.15, 0.2) is 12.3 Å². The van der Waals surface area contributed by atoms with E-state index in [0.29, 0.717) is 19.2 Å². The molecule has 0 aliphatic heterocycles. The smallest absolute Gasteiger partial charge is 0.0764 e. The standard InChI is InChI=1S/C14H27N3O2/c1-4-14(5-2)17-7-6-13(15-17)12-16(8-10-18)9-11-19-3/h6-7,14,18H,4-5,8-12H2,1-3H3. The summed E-state index contributed by atoms with van der Waals surface area (Å²) in [6.45, 7) is 7.44. The quantitative estimate of drug-likeness (QED) is 0.702. The third-order valence-corrected chi connectivity index (χ3v) is 3.39. The Hall–Kier alpha value is -0.910. The van der Waals surface area contributed by atoms with Crippen molar-refractivity contribution in [3.63, 3.8) is 0 Å². The number of ether oxygens (including phenoxy) is 1. The van der Waals surface area contributed by atoms with Gasteiger partial charge in [0.15, 0.2) is 0 Å². The summed E-state index contributed by atoms with van der Waals surface area (Å²) in [7, 11) is 1.69. The first-order valence-corrected chi connectivity index (χ1v) is 7.11. The molecule has 5 heteroatoms. The molecule has 1 N–H and O–H groups in total. The first kappa shape index (κ1) is 16.1. The first-order valence-electron chi connectivity index (χ1n) is 7.11. The molecule has 0 saturated heterocycles. The summed E-state index contributed by atoms with van der Waals surface area (Å²) in [5, 5.41) is 13.7. The minimum atomic E-state index is 0.164. The maximum absolute atomic E-state index is 9.08. The van der Waals surface area contributed by atoms with Crippen LogP contribution in [0.1, 0.15) is 38.4 Å². The molecule has 0 aromatic carbocycles. The van der Waals surface area contributed by atoms with Gasteiger partial charge in [-0.1, -0.05) is 13.8 Å². The van der Waals surface area contributed by atoms with Gasteiger partial charge in [0.1, 0.15) is 0 Å². The van der Waals surface area contributed by atoms with E-state index in [-0.39, 0.29) is 6.61 Å². The summed E-state index contributed by atoms with van der Waals surface area (Å²) < 4.78 is 7.14. The molecule has 0 radical (unpaired) electrons. The highest BCUT2D eigenvalue weighted by Gasteiger charge is 2.10. The zero-order chi connectivity index (χ0) is 14.1. The van der Waals surface area contributed by atoms with Crippen molar-refractivity contribution in [2.75, 3.05) is 33.4 Å². The Morgan fingerprint density at radius 3 is 2.68 bits per heavy atom. The van der Waals surface area contributed by atoms with Crippen molar-refractivity contribution in [3.8, 4) is 0 Å². The molecule has 1 aromatic rings.